The fourth-order valence-electron chi connectivity index (χ4n) is 1.48. The van der Waals surface area contributed by atoms with Gasteiger partial charge in [-0.2, -0.15) is 0 Å². The van der Waals surface area contributed by atoms with Gasteiger partial charge in [0, 0.05) is 10.2 Å². The molecule has 0 bridgehead atoms. The first-order valence-corrected chi connectivity index (χ1v) is 7.89. The monoisotopic (exact) mass is 256 g/mol. The van der Waals surface area contributed by atoms with Gasteiger partial charge >= 0.3 is 0 Å². The minimum absolute atomic E-state index is 0.267. The number of thioether (sulfide) groups is 2. The van der Waals surface area contributed by atoms with Crippen molar-refractivity contribution in [2.75, 3.05) is 6.26 Å². The average Bonchev–Trinajstić information content (AvgIpc) is 2.14. The molecule has 0 aromatic rings. The van der Waals surface area contributed by atoms with E-state index < -0.39 is 0 Å². The third kappa shape index (κ3) is 3.59. The summed E-state index contributed by atoms with van der Waals surface area (Å²) >= 11 is 3.89. The zero-order valence-electron chi connectivity index (χ0n) is 11.5. The van der Waals surface area contributed by atoms with E-state index in [2.05, 4.69) is 60.0 Å². The largest absolute Gasteiger partial charge is 0.130 e. The summed E-state index contributed by atoms with van der Waals surface area (Å²) in [7, 11) is 0. The summed E-state index contributed by atoms with van der Waals surface area (Å²) in [5.41, 5.74) is 0.597. The van der Waals surface area contributed by atoms with Crippen molar-refractivity contribution in [1.29, 1.82) is 0 Å². The normalized spacial score (nSPS) is 22.8. The summed E-state index contributed by atoms with van der Waals surface area (Å²) in [6.07, 6.45) is 6.94. The van der Waals surface area contributed by atoms with E-state index in [4.69, 9.17) is 0 Å². The quantitative estimate of drug-likeness (QED) is 0.622. The smallest absolute Gasteiger partial charge is 0.0333 e. The molecular formula is C14H24S2. The molecule has 0 fully saturated rings. The van der Waals surface area contributed by atoms with Gasteiger partial charge in [0.1, 0.15) is 0 Å². The molecule has 2 heteroatoms. The Balaban J connectivity index is 3.02. The lowest BCUT2D eigenvalue weighted by molar-refractivity contribution is 0.430. The summed E-state index contributed by atoms with van der Waals surface area (Å²) in [4.78, 5) is 2.93. The molecule has 0 saturated carbocycles. The Bertz CT molecular complexity index is 311. The Hall–Kier alpha value is 0.180. The molecule has 1 aliphatic rings. The number of hydrogen-bond acceptors (Lipinski definition) is 2. The lowest BCUT2D eigenvalue weighted by atomic mass is 9.90. The van der Waals surface area contributed by atoms with Crippen LogP contribution in [0.3, 0.4) is 0 Å². The Kier molecular flexibility index (Phi) is 4.29. The summed E-state index contributed by atoms with van der Waals surface area (Å²) < 4.78 is 0. The molecule has 0 aromatic heterocycles. The van der Waals surface area contributed by atoms with E-state index in [1.165, 1.54) is 9.81 Å². The van der Waals surface area contributed by atoms with Gasteiger partial charge < -0.3 is 0 Å². The molecule has 0 radical (unpaired) electrons. The van der Waals surface area contributed by atoms with Gasteiger partial charge in [0.2, 0.25) is 0 Å². The van der Waals surface area contributed by atoms with Gasteiger partial charge in [-0.1, -0.05) is 47.6 Å². The van der Waals surface area contributed by atoms with E-state index in [0.717, 1.165) is 0 Å². The Labute approximate surface area is 109 Å². The van der Waals surface area contributed by atoms with Crippen LogP contribution in [0.25, 0.3) is 0 Å². The minimum atomic E-state index is 0.267. The molecule has 0 saturated heterocycles. The van der Waals surface area contributed by atoms with Gasteiger partial charge in [-0.15, -0.1) is 23.5 Å². The Morgan fingerprint density at radius 3 is 2.06 bits per heavy atom. The second-order valence-electron chi connectivity index (χ2n) is 6.44. The van der Waals surface area contributed by atoms with E-state index in [1.807, 2.05) is 23.5 Å². The highest BCUT2D eigenvalue weighted by atomic mass is 32.2. The SMILES string of the molecule is CSC1=CC(C(C)(C)C)SC(C(C)(C)C)=C1. The van der Waals surface area contributed by atoms with E-state index in [-0.39, 0.29) is 5.41 Å². The van der Waals surface area contributed by atoms with Crippen LogP contribution in [0.5, 0.6) is 0 Å². The molecule has 1 rings (SSSR count). The standard InChI is InChI=1S/C14H24S2/c1-13(2,3)11-8-10(15-7)9-12(16-11)14(4,5)6/h8-9,11H,1-7H3. The average molecular weight is 256 g/mol. The highest BCUT2D eigenvalue weighted by Crippen LogP contribution is 2.47. The van der Waals surface area contributed by atoms with Crippen LogP contribution in [-0.2, 0) is 0 Å². The van der Waals surface area contributed by atoms with Crippen LogP contribution < -0.4 is 0 Å². The highest BCUT2D eigenvalue weighted by Gasteiger charge is 2.31. The predicted molar refractivity (Wildman–Crippen MR) is 80.0 cm³/mol. The van der Waals surface area contributed by atoms with Gasteiger partial charge in [0.15, 0.2) is 0 Å². The molecule has 1 aliphatic heterocycles. The number of allylic oxidation sites excluding steroid dienone is 2. The van der Waals surface area contributed by atoms with Crippen LogP contribution in [0.2, 0.25) is 0 Å². The Morgan fingerprint density at radius 1 is 1.12 bits per heavy atom. The van der Waals surface area contributed by atoms with Crippen molar-refractivity contribution in [3.05, 3.63) is 22.0 Å². The van der Waals surface area contributed by atoms with Crippen LogP contribution in [0.4, 0.5) is 0 Å². The molecule has 0 spiro atoms. The second-order valence-corrected chi connectivity index (χ2v) is 8.50. The topological polar surface area (TPSA) is 0 Å². The molecule has 0 N–H and O–H groups in total. The van der Waals surface area contributed by atoms with E-state index in [9.17, 15) is 0 Å². The molecule has 1 atom stereocenters. The van der Waals surface area contributed by atoms with Crippen molar-refractivity contribution in [3.63, 3.8) is 0 Å². The summed E-state index contributed by atoms with van der Waals surface area (Å²) in [6, 6.07) is 0. The third-order valence-electron chi connectivity index (χ3n) is 2.67. The van der Waals surface area contributed by atoms with Crippen LogP contribution in [-0.4, -0.2) is 11.5 Å². The van der Waals surface area contributed by atoms with Gasteiger partial charge in [-0.3, -0.25) is 0 Å². The van der Waals surface area contributed by atoms with Crippen molar-refractivity contribution < 1.29 is 0 Å². The van der Waals surface area contributed by atoms with Gasteiger partial charge in [0.25, 0.3) is 0 Å². The maximum Gasteiger partial charge on any atom is 0.0333 e. The van der Waals surface area contributed by atoms with Crippen molar-refractivity contribution in [3.8, 4) is 0 Å². The molecule has 0 nitrogen and oxygen atoms in total. The summed E-state index contributed by atoms with van der Waals surface area (Å²) in [6.45, 7) is 13.9. The molecule has 0 aromatic carbocycles. The lowest BCUT2D eigenvalue weighted by Gasteiger charge is -2.35. The van der Waals surface area contributed by atoms with E-state index in [0.29, 0.717) is 10.7 Å². The van der Waals surface area contributed by atoms with Gasteiger partial charge in [-0.05, 0) is 28.1 Å². The van der Waals surface area contributed by atoms with Crippen molar-refractivity contribution >= 4 is 23.5 Å². The first kappa shape index (κ1) is 14.2. The molecule has 0 aliphatic carbocycles. The van der Waals surface area contributed by atoms with Crippen molar-refractivity contribution in [2.24, 2.45) is 10.8 Å². The van der Waals surface area contributed by atoms with Gasteiger partial charge in [-0.25, -0.2) is 0 Å². The Morgan fingerprint density at radius 2 is 1.69 bits per heavy atom. The van der Waals surface area contributed by atoms with Gasteiger partial charge in [0.05, 0.1) is 0 Å². The minimum Gasteiger partial charge on any atom is -0.130 e. The van der Waals surface area contributed by atoms with Crippen molar-refractivity contribution in [2.45, 2.75) is 46.8 Å². The lowest BCUT2D eigenvalue weighted by Crippen LogP contribution is -2.25. The van der Waals surface area contributed by atoms with Crippen molar-refractivity contribution in [1.82, 2.24) is 0 Å². The predicted octanol–water partition coefficient (Wildman–Crippen LogP) is 5.32. The third-order valence-corrected chi connectivity index (χ3v) is 5.48. The molecule has 1 unspecified atom stereocenters. The fourth-order valence-corrected chi connectivity index (χ4v) is 3.54. The molecule has 0 amide bonds. The van der Waals surface area contributed by atoms with Crippen LogP contribution in [0.15, 0.2) is 22.0 Å². The molecule has 92 valence electrons. The zero-order valence-corrected chi connectivity index (χ0v) is 13.2. The van der Waals surface area contributed by atoms with Crippen LogP contribution >= 0.6 is 23.5 Å². The molecule has 16 heavy (non-hydrogen) atoms. The fraction of sp³-hybridized carbons (Fsp3) is 0.714. The molecular weight excluding hydrogens is 232 g/mol. The van der Waals surface area contributed by atoms with Crippen LogP contribution in [0, 0.1) is 10.8 Å². The summed E-state index contributed by atoms with van der Waals surface area (Å²) in [5.74, 6) is 0. The maximum atomic E-state index is 2.42. The summed E-state index contributed by atoms with van der Waals surface area (Å²) in [5, 5.41) is 0.592. The maximum absolute atomic E-state index is 2.42. The zero-order chi connectivity index (χ0) is 12.6. The van der Waals surface area contributed by atoms with E-state index >= 15 is 0 Å². The van der Waals surface area contributed by atoms with Crippen LogP contribution in [0.1, 0.15) is 41.5 Å². The first-order valence-electron chi connectivity index (χ1n) is 5.79. The first-order chi connectivity index (χ1) is 7.14. The number of hydrogen-bond donors (Lipinski definition) is 0. The van der Waals surface area contributed by atoms with E-state index in [1.54, 1.807) is 0 Å². The highest BCUT2D eigenvalue weighted by molar-refractivity contribution is 8.05. The number of rotatable bonds is 1. The second kappa shape index (κ2) is 4.81. The molecule has 1 heterocycles.